The lowest BCUT2D eigenvalue weighted by Crippen LogP contribution is -2.14. The molecule has 28 rings (SSSR count). The van der Waals surface area contributed by atoms with Crippen molar-refractivity contribution in [1.29, 1.82) is 0 Å². The summed E-state index contributed by atoms with van der Waals surface area (Å²) in [5, 5.41) is 12.6. The minimum Gasteiger partial charge on any atom is -0.256 e. The van der Waals surface area contributed by atoms with E-state index in [-0.39, 0.29) is 5.41 Å². The van der Waals surface area contributed by atoms with E-state index in [1.54, 1.807) is 0 Å². The van der Waals surface area contributed by atoms with Gasteiger partial charge in [-0.15, -0.1) is 0 Å². The molecule has 16 nitrogen and oxygen atoms in total. The summed E-state index contributed by atoms with van der Waals surface area (Å²) >= 11 is 0. The summed E-state index contributed by atoms with van der Waals surface area (Å²) in [5.74, 6) is 0. The van der Waals surface area contributed by atoms with Crippen LogP contribution in [0.2, 0.25) is 0 Å². The van der Waals surface area contributed by atoms with Gasteiger partial charge in [-0.3, -0.25) is 64.8 Å². The number of aromatic nitrogens is 16. The van der Waals surface area contributed by atoms with Gasteiger partial charge in [0, 0.05) is 190 Å². The number of hydrogen-bond acceptors (Lipinski definition) is 16. The van der Waals surface area contributed by atoms with Crippen LogP contribution in [-0.2, 0) is 5.41 Å². The molecule has 0 bridgehead atoms. The predicted octanol–water partition coefficient (Wildman–Crippen LogP) is 29.9. The fraction of sp³-hybridized carbons (Fsp3) is 0.0240. The largest absolute Gasteiger partial charge is 0.256 e. The molecule has 27 aromatic rings. The van der Waals surface area contributed by atoms with E-state index >= 15 is 0 Å². The second-order valence-corrected chi connectivity index (χ2v) is 36.2. The highest BCUT2D eigenvalue weighted by molar-refractivity contribution is 6.10. The summed E-state index contributed by atoms with van der Waals surface area (Å²) in [6.45, 7) is 4.65. The molecule has 0 amide bonds. The van der Waals surface area contributed by atoms with Crippen LogP contribution in [0.1, 0.15) is 25.0 Å². The SMILES string of the molecule is CC1(C)c2ccccc2-c2ccc(-c3cc(-c4cnc5c(ccc6cccnc65)c4)nc(-c4cnc5c(ccc6cccnc65)c4)c3)cc21.c1ccc(-c2ccc(-c3cc(-c4cnc5c(ccc6cccnc65)c4)nc(-c4cnc5c(ccc6cccnc65)c4)c3)cc2)cc1.c1ccc(-c2ccc(-c3cc(-c4cnc5c(ccc6cccnc65)c4)nc(-c4cnc5c(ccc6cccnc65)c4)c3)cc2)nc1. The zero-order valence-corrected chi connectivity index (χ0v) is 76.2. The van der Waals surface area contributed by atoms with Crippen LogP contribution in [0.4, 0.5) is 0 Å². The highest BCUT2D eigenvalue weighted by Crippen LogP contribution is 2.51. The first kappa shape index (κ1) is 82.6. The molecule has 0 unspecified atom stereocenters. The first-order valence-corrected chi connectivity index (χ1v) is 46.9. The highest BCUT2D eigenvalue weighted by atomic mass is 14.8. The fourth-order valence-corrected chi connectivity index (χ4v) is 20.0. The van der Waals surface area contributed by atoms with E-state index in [0.717, 1.165) is 243 Å². The number of pyridine rings is 16. The van der Waals surface area contributed by atoms with Crippen LogP contribution < -0.4 is 0 Å². The number of fused-ring (bicyclic) bond motifs is 21. The maximum atomic E-state index is 5.26. The Morgan fingerprint density at radius 3 is 0.709 bits per heavy atom. The third-order valence-corrected chi connectivity index (χ3v) is 27.2. The lowest BCUT2D eigenvalue weighted by molar-refractivity contribution is 0.660. The number of hydrogen-bond donors (Lipinski definition) is 0. The van der Waals surface area contributed by atoms with Crippen molar-refractivity contribution < 1.29 is 0 Å². The monoisotopic (exact) mass is 1800 g/mol. The molecular formula is C125H78N16. The zero-order valence-electron chi connectivity index (χ0n) is 76.2. The van der Waals surface area contributed by atoms with Gasteiger partial charge in [-0.1, -0.05) is 244 Å². The van der Waals surface area contributed by atoms with E-state index in [1.165, 1.54) is 33.4 Å². The van der Waals surface area contributed by atoms with Gasteiger partial charge >= 0.3 is 0 Å². The number of rotatable bonds is 11. The first-order valence-electron chi connectivity index (χ1n) is 46.9. The molecule has 0 fully saturated rings. The van der Waals surface area contributed by atoms with Crippen molar-refractivity contribution in [3.05, 3.63) is 450 Å². The van der Waals surface area contributed by atoms with Gasteiger partial charge in [0.15, 0.2) is 0 Å². The molecule has 0 saturated carbocycles. The molecule has 16 heterocycles. The molecule has 11 aromatic carbocycles. The maximum Gasteiger partial charge on any atom is 0.0965 e. The van der Waals surface area contributed by atoms with Crippen LogP contribution in [0.3, 0.4) is 0 Å². The minimum absolute atomic E-state index is 0.0984. The Hall–Kier alpha value is -19.1. The smallest absolute Gasteiger partial charge is 0.0965 e. The third-order valence-electron chi connectivity index (χ3n) is 27.2. The molecule has 1 aliphatic rings. The van der Waals surface area contributed by atoms with Gasteiger partial charge in [0.1, 0.15) is 0 Å². The molecule has 0 atom stereocenters. The summed E-state index contributed by atoms with van der Waals surface area (Å²) in [7, 11) is 0. The van der Waals surface area contributed by atoms with Crippen molar-refractivity contribution in [1.82, 2.24) is 79.7 Å². The Morgan fingerprint density at radius 2 is 0.390 bits per heavy atom. The Bertz CT molecular complexity index is 8970. The molecule has 16 heteroatoms. The van der Waals surface area contributed by atoms with Gasteiger partial charge in [-0.25, -0.2) is 15.0 Å². The molecule has 0 N–H and O–H groups in total. The Morgan fingerprint density at radius 1 is 0.142 bits per heavy atom. The van der Waals surface area contributed by atoms with E-state index in [1.807, 2.05) is 141 Å². The van der Waals surface area contributed by atoms with Gasteiger partial charge in [-0.2, -0.15) is 0 Å². The lowest BCUT2D eigenvalue weighted by atomic mass is 9.81. The van der Waals surface area contributed by atoms with E-state index in [9.17, 15) is 0 Å². The van der Waals surface area contributed by atoms with Crippen molar-refractivity contribution in [2.75, 3.05) is 0 Å². The molecule has 141 heavy (non-hydrogen) atoms. The van der Waals surface area contributed by atoms with E-state index in [0.29, 0.717) is 0 Å². The second kappa shape index (κ2) is 34.4. The minimum atomic E-state index is -0.0984. The summed E-state index contributed by atoms with van der Waals surface area (Å²) < 4.78 is 0. The maximum absolute atomic E-state index is 5.26. The lowest BCUT2D eigenvalue weighted by Gasteiger charge is -2.22. The van der Waals surface area contributed by atoms with Gasteiger partial charge < -0.3 is 0 Å². The van der Waals surface area contributed by atoms with Crippen molar-refractivity contribution in [3.63, 3.8) is 0 Å². The van der Waals surface area contributed by atoms with Crippen molar-refractivity contribution in [2.24, 2.45) is 0 Å². The molecule has 658 valence electrons. The van der Waals surface area contributed by atoms with Crippen molar-refractivity contribution >= 4 is 131 Å². The van der Waals surface area contributed by atoms with Gasteiger partial charge in [-0.05, 0) is 194 Å². The molecule has 0 radical (unpaired) electrons. The van der Waals surface area contributed by atoms with Crippen LogP contribution in [0.5, 0.6) is 0 Å². The van der Waals surface area contributed by atoms with Crippen molar-refractivity contribution in [2.45, 2.75) is 19.3 Å². The molecule has 0 spiro atoms. The molecular weight excluding hydrogens is 1730 g/mol. The van der Waals surface area contributed by atoms with Crippen LogP contribution in [0.25, 0.3) is 265 Å². The van der Waals surface area contributed by atoms with Crippen LogP contribution in [0, 0.1) is 0 Å². The third kappa shape index (κ3) is 15.3. The average molecular weight is 1800 g/mol. The van der Waals surface area contributed by atoms with Gasteiger partial charge in [0.25, 0.3) is 0 Å². The van der Waals surface area contributed by atoms with E-state index in [2.05, 4.69) is 346 Å². The van der Waals surface area contributed by atoms with Gasteiger partial charge in [0.05, 0.1) is 106 Å². The highest BCUT2D eigenvalue weighted by Gasteiger charge is 2.36. The Balaban J connectivity index is 0.000000109. The summed E-state index contributed by atoms with van der Waals surface area (Å²) in [4.78, 5) is 77.2. The van der Waals surface area contributed by atoms with Crippen LogP contribution >= 0.6 is 0 Å². The molecule has 16 aromatic heterocycles. The van der Waals surface area contributed by atoms with Crippen molar-refractivity contribution in [3.8, 4) is 134 Å². The topological polar surface area (TPSA) is 206 Å². The van der Waals surface area contributed by atoms with Crippen LogP contribution in [0.15, 0.2) is 438 Å². The Kier molecular flexibility index (Phi) is 20.1. The fourth-order valence-electron chi connectivity index (χ4n) is 20.0. The molecule has 1 aliphatic carbocycles. The Labute approximate surface area is 808 Å². The van der Waals surface area contributed by atoms with E-state index < -0.39 is 0 Å². The normalized spacial score (nSPS) is 12.1. The molecule has 0 saturated heterocycles. The summed E-state index contributed by atoms with van der Waals surface area (Å²) in [5.41, 5.74) is 37.5. The predicted molar refractivity (Wildman–Crippen MR) is 571 cm³/mol. The standard InChI is InChI=1S/C44H29N5.C41H25N5.C40H24N6/c1-44(2)36-10-4-3-9-34(36)35-16-15-28(21-37(35)44)31-22-38(32-19-29-13-11-26-7-5-17-45-40(26)42(29)47-24-32)49-39(23-31)33-20-30-14-12-27-8-6-18-46-41(27)43(30)48-25-33;1-2-6-26(7-3-1)27-10-12-28(13-11-27)33-22-36(34-20-31-16-14-29-8-4-18-42-38(29)40(31)44-24-34)46-37(23-33)35-21-32-17-15-30-9-5-19-43-39(30)41(32)45-25-35;1-2-16-41-34(7-1)26-10-8-25(9-11-26)31-21-35(32-19-29-14-12-27-5-3-17-42-37(27)39(29)44-23-32)46-36(22-31)33-20-30-15-13-28-6-4-18-43-38(28)40(30)45-24-33/h3-25H,1-2H3;1-25H;1-24H. The number of nitrogens with zero attached hydrogens (tertiary/aromatic N) is 16. The van der Waals surface area contributed by atoms with E-state index in [4.69, 9.17) is 44.9 Å². The van der Waals surface area contributed by atoms with Crippen LogP contribution in [-0.4, -0.2) is 79.7 Å². The molecule has 0 aliphatic heterocycles. The quantitative estimate of drug-likeness (QED) is 0.110. The summed E-state index contributed by atoms with van der Waals surface area (Å²) in [6, 6.07) is 124. The van der Waals surface area contributed by atoms with Gasteiger partial charge in [0.2, 0.25) is 0 Å². The summed E-state index contributed by atoms with van der Waals surface area (Å²) in [6.07, 6.45) is 24.1. The zero-order chi connectivity index (χ0) is 93.6. The number of benzene rings is 11. The first-order chi connectivity index (χ1) is 69.5. The second-order valence-electron chi connectivity index (χ2n) is 36.2. The average Bonchev–Trinajstić information content (AvgIpc) is 1.58.